The van der Waals surface area contributed by atoms with Gasteiger partial charge in [0.05, 0.1) is 23.7 Å². The molecule has 0 saturated carbocycles. The topological polar surface area (TPSA) is 125 Å². The number of fused-ring (bicyclic) bond motifs is 4. The van der Waals surface area contributed by atoms with E-state index in [1.807, 2.05) is 20.0 Å². The molecule has 0 amide bonds. The second-order valence-corrected chi connectivity index (χ2v) is 13.7. The van der Waals surface area contributed by atoms with Crippen molar-refractivity contribution in [1.29, 1.82) is 5.26 Å². The van der Waals surface area contributed by atoms with Gasteiger partial charge >= 0.3 is 6.01 Å². The van der Waals surface area contributed by atoms with Crippen molar-refractivity contribution in [1.82, 2.24) is 25.2 Å². The van der Waals surface area contributed by atoms with E-state index in [1.165, 1.54) is 19.2 Å². The molecule has 1 aromatic carbocycles. The van der Waals surface area contributed by atoms with Crippen molar-refractivity contribution < 1.29 is 22.6 Å². The molecule has 3 aliphatic rings. The summed E-state index contributed by atoms with van der Waals surface area (Å²) >= 11 is 0.916. The second kappa shape index (κ2) is 11.6. The number of benzene rings is 1. The Balaban J connectivity index is 1.42. The smallest absolute Gasteiger partial charge is 0.319 e. The third-order valence-electron chi connectivity index (χ3n) is 9.42. The second-order valence-electron chi connectivity index (χ2n) is 12.6. The molecule has 0 spiro atoms. The Kier molecular flexibility index (Phi) is 7.65. The molecule has 2 bridgehead atoms. The number of hydrogen-bond acceptors (Lipinski definition) is 11. The molecule has 3 aliphatic heterocycles. The number of nitrogens with two attached hydrogens (primary N) is 1. The van der Waals surface area contributed by atoms with Gasteiger partial charge in [-0.1, -0.05) is 6.92 Å². The Morgan fingerprint density at radius 3 is 2.65 bits per heavy atom. The number of pyridine rings is 1. The van der Waals surface area contributed by atoms with E-state index in [1.54, 1.807) is 0 Å². The zero-order valence-electron chi connectivity index (χ0n) is 25.7. The van der Waals surface area contributed by atoms with E-state index >= 15 is 4.39 Å². The molecule has 7 rings (SSSR count). The minimum atomic E-state index is -0.808. The number of piperidine rings is 1. The number of aromatic nitrogens is 3. The standard InChI is InChI=1S/C32H33F3N8O2S/c1-32(14-42(2)9-8-16(32)10-33)15-45-31-40-26-23(29(41-31)43-12-17-4-5-18(13-43)38-17)30(44-3)39-25(24(26)35)19-6-7-21(34)27-22(19)20(11-36)28(37)46-27/h6-7,10,17-18,38H,4-5,8-9,12-15,37H2,1-3H3/b16-10+/t17-,18+,32-/m0/s1. The van der Waals surface area contributed by atoms with Crippen LogP contribution in [0.2, 0.25) is 0 Å². The Hall–Kier alpha value is -4.19. The SMILES string of the molecule is COc1nc(-c2ccc(F)c3sc(N)c(C#N)c23)c(F)c2nc(OC[C@]3(C)CN(C)CC/C3=C\F)nc(N3C[C@H]4CC[C@@H](C3)N4)c12. The molecule has 4 aromatic rings. The zero-order chi connectivity index (χ0) is 32.3. The van der Waals surface area contributed by atoms with Crippen molar-refractivity contribution in [2.75, 3.05) is 57.6 Å². The first-order valence-electron chi connectivity index (χ1n) is 15.1. The van der Waals surface area contributed by atoms with Crippen LogP contribution in [0.15, 0.2) is 24.0 Å². The summed E-state index contributed by atoms with van der Waals surface area (Å²) in [6.07, 6.45) is 3.23. The molecule has 3 aromatic heterocycles. The molecule has 3 fully saturated rings. The van der Waals surface area contributed by atoms with Gasteiger partial charge in [-0.2, -0.15) is 15.2 Å². The number of piperazine rings is 1. The number of rotatable bonds is 6. The third-order valence-corrected chi connectivity index (χ3v) is 10.4. The maximum atomic E-state index is 16.9. The molecule has 6 heterocycles. The van der Waals surface area contributed by atoms with Crippen molar-refractivity contribution in [3.8, 4) is 29.2 Å². The van der Waals surface area contributed by atoms with Gasteiger partial charge in [0.15, 0.2) is 5.82 Å². The monoisotopic (exact) mass is 650 g/mol. The summed E-state index contributed by atoms with van der Waals surface area (Å²) in [7, 11) is 3.39. The number of methoxy groups -OCH3 is 1. The zero-order valence-corrected chi connectivity index (χ0v) is 26.5. The summed E-state index contributed by atoms with van der Waals surface area (Å²) in [4.78, 5) is 18.1. The number of halogens is 3. The Bertz CT molecular complexity index is 1930. The van der Waals surface area contributed by atoms with Crippen molar-refractivity contribution in [2.45, 2.75) is 38.3 Å². The number of nitrogens with one attached hydrogen (secondary N) is 1. The van der Waals surface area contributed by atoms with Crippen molar-refractivity contribution in [3.63, 3.8) is 0 Å². The highest BCUT2D eigenvalue weighted by molar-refractivity contribution is 7.23. The molecule has 14 heteroatoms. The molecule has 3 saturated heterocycles. The van der Waals surface area contributed by atoms with Crippen molar-refractivity contribution in [3.05, 3.63) is 41.2 Å². The van der Waals surface area contributed by atoms with Crippen LogP contribution < -0.4 is 25.4 Å². The van der Waals surface area contributed by atoms with Gasteiger partial charge < -0.3 is 30.3 Å². The summed E-state index contributed by atoms with van der Waals surface area (Å²) < 4.78 is 57.8. The van der Waals surface area contributed by atoms with Crippen LogP contribution >= 0.6 is 11.3 Å². The fourth-order valence-corrected chi connectivity index (χ4v) is 8.08. The van der Waals surface area contributed by atoms with Gasteiger partial charge in [-0.15, -0.1) is 11.3 Å². The van der Waals surface area contributed by atoms with Crippen molar-refractivity contribution in [2.24, 2.45) is 5.41 Å². The lowest BCUT2D eigenvalue weighted by Crippen LogP contribution is -2.51. The normalized spacial score (nSPS) is 24.2. The van der Waals surface area contributed by atoms with Gasteiger partial charge in [-0.3, -0.25) is 0 Å². The van der Waals surface area contributed by atoms with Gasteiger partial charge in [-0.25, -0.2) is 18.2 Å². The highest BCUT2D eigenvalue weighted by atomic mass is 32.1. The average molecular weight is 651 g/mol. The van der Waals surface area contributed by atoms with E-state index < -0.39 is 17.0 Å². The lowest BCUT2D eigenvalue weighted by atomic mass is 9.78. The molecule has 3 atom stereocenters. The summed E-state index contributed by atoms with van der Waals surface area (Å²) in [5, 5.41) is 14.0. The average Bonchev–Trinajstić information content (AvgIpc) is 3.57. The number of ether oxygens (including phenoxy) is 2. The molecular formula is C32H33F3N8O2S. The first kappa shape index (κ1) is 30.5. The number of nitriles is 1. The van der Waals surface area contributed by atoms with E-state index in [-0.39, 0.29) is 73.4 Å². The number of anilines is 2. The lowest BCUT2D eigenvalue weighted by molar-refractivity contribution is 0.109. The van der Waals surface area contributed by atoms with E-state index in [0.717, 1.165) is 30.7 Å². The quantitative estimate of drug-likeness (QED) is 0.289. The summed E-state index contributed by atoms with van der Waals surface area (Å²) in [5.74, 6) is -0.900. The molecule has 10 nitrogen and oxygen atoms in total. The third kappa shape index (κ3) is 4.97. The lowest BCUT2D eigenvalue weighted by Gasteiger charge is -2.40. The number of nitrogens with zero attached hydrogens (tertiary/aromatic N) is 6. The predicted octanol–water partition coefficient (Wildman–Crippen LogP) is 5.16. The number of nitrogen functional groups attached to an aromatic ring is 1. The van der Waals surface area contributed by atoms with Crippen LogP contribution in [0, 0.1) is 28.4 Å². The molecule has 240 valence electrons. The van der Waals surface area contributed by atoms with Crippen LogP contribution in [0.4, 0.5) is 24.0 Å². The van der Waals surface area contributed by atoms with Gasteiger partial charge in [0, 0.05) is 54.6 Å². The summed E-state index contributed by atoms with van der Waals surface area (Å²) in [5.41, 5.74) is 5.99. The van der Waals surface area contributed by atoms with Gasteiger partial charge in [-0.05, 0) is 44.0 Å². The molecule has 3 N–H and O–H groups in total. The van der Waals surface area contributed by atoms with Gasteiger partial charge in [0.2, 0.25) is 5.88 Å². The minimum absolute atomic E-state index is 0.0425. The van der Waals surface area contributed by atoms with E-state index in [4.69, 9.17) is 20.2 Å². The van der Waals surface area contributed by atoms with Crippen LogP contribution in [-0.2, 0) is 0 Å². The molecule has 46 heavy (non-hydrogen) atoms. The van der Waals surface area contributed by atoms with Crippen molar-refractivity contribution >= 4 is 43.1 Å². The van der Waals surface area contributed by atoms with Crippen LogP contribution in [-0.4, -0.2) is 78.9 Å². The summed E-state index contributed by atoms with van der Waals surface area (Å²) in [6, 6.07) is 5.01. The molecule has 0 aliphatic carbocycles. The number of likely N-dealkylation sites (tertiary alicyclic amines) is 1. The number of thiophene rings is 1. The van der Waals surface area contributed by atoms with E-state index in [2.05, 4.69) is 25.1 Å². The largest absolute Gasteiger partial charge is 0.480 e. The fraction of sp³-hybridized carbons (Fsp3) is 0.438. The Morgan fingerprint density at radius 2 is 1.96 bits per heavy atom. The van der Waals surface area contributed by atoms with Crippen LogP contribution in [0.5, 0.6) is 11.9 Å². The first-order chi connectivity index (χ1) is 22.1. The maximum absolute atomic E-state index is 16.9. The van der Waals surface area contributed by atoms with Gasteiger partial charge in [0.1, 0.15) is 45.9 Å². The maximum Gasteiger partial charge on any atom is 0.319 e. The van der Waals surface area contributed by atoms with Crippen LogP contribution in [0.25, 0.3) is 32.2 Å². The number of hydrogen-bond donors (Lipinski definition) is 2. The predicted molar refractivity (Wildman–Crippen MR) is 171 cm³/mol. The molecular weight excluding hydrogens is 617 g/mol. The molecule has 0 radical (unpaired) electrons. The van der Waals surface area contributed by atoms with E-state index in [0.29, 0.717) is 43.8 Å². The Morgan fingerprint density at radius 1 is 1.20 bits per heavy atom. The van der Waals surface area contributed by atoms with Crippen LogP contribution in [0.1, 0.15) is 31.7 Å². The van der Waals surface area contributed by atoms with E-state index in [9.17, 15) is 14.0 Å². The minimum Gasteiger partial charge on any atom is -0.480 e. The highest BCUT2D eigenvalue weighted by Crippen LogP contribution is 2.44. The molecule has 0 unspecified atom stereocenters. The van der Waals surface area contributed by atoms with Crippen LogP contribution in [0.3, 0.4) is 0 Å². The highest BCUT2D eigenvalue weighted by Gasteiger charge is 2.38. The Labute approximate surface area is 267 Å². The first-order valence-corrected chi connectivity index (χ1v) is 15.9. The summed E-state index contributed by atoms with van der Waals surface area (Å²) in [6.45, 7) is 4.54. The van der Waals surface area contributed by atoms with Gasteiger partial charge in [0.25, 0.3) is 0 Å². The fourth-order valence-electron chi connectivity index (χ4n) is 7.13.